The summed E-state index contributed by atoms with van der Waals surface area (Å²) in [5, 5.41) is 2.62. The van der Waals surface area contributed by atoms with Crippen LogP contribution in [0.3, 0.4) is 0 Å². The van der Waals surface area contributed by atoms with Gasteiger partial charge in [-0.3, -0.25) is 0 Å². The van der Waals surface area contributed by atoms with E-state index in [-0.39, 0.29) is 6.04 Å². The van der Waals surface area contributed by atoms with E-state index in [1.54, 1.807) is 0 Å². The second-order valence-corrected chi connectivity index (χ2v) is 4.48. The van der Waals surface area contributed by atoms with Gasteiger partial charge in [0.05, 0.1) is 6.54 Å². The van der Waals surface area contributed by atoms with Crippen LogP contribution < -0.4 is 5.32 Å². The molecule has 0 saturated heterocycles. The molecular weight excluding hydrogens is 203 g/mol. The summed E-state index contributed by atoms with van der Waals surface area (Å²) in [6.07, 6.45) is 2.20. The molecule has 0 aromatic heterocycles. The largest absolute Gasteiger partial charge is 0.401 e. The first-order valence-electron chi connectivity index (χ1n) is 5.81. The third-order valence-electron chi connectivity index (χ3n) is 3.26. The highest BCUT2D eigenvalue weighted by atomic mass is 19.4. The standard InChI is InChI=1S/C11H20F3N/c1-2-9-4-3-5-10(7-6-9)15-8-11(12,13)14/h9-10,15H,2-8H2,1H3. The van der Waals surface area contributed by atoms with Gasteiger partial charge in [-0.15, -0.1) is 0 Å². The first-order valence-corrected chi connectivity index (χ1v) is 5.81. The van der Waals surface area contributed by atoms with Crippen LogP contribution in [0.4, 0.5) is 13.2 Å². The summed E-state index contributed by atoms with van der Waals surface area (Å²) >= 11 is 0. The lowest BCUT2D eigenvalue weighted by atomic mass is 9.98. The van der Waals surface area contributed by atoms with Crippen molar-refractivity contribution in [1.29, 1.82) is 0 Å². The van der Waals surface area contributed by atoms with Crippen molar-refractivity contribution in [2.24, 2.45) is 5.92 Å². The zero-order chi connectivity index (χ0) is 11.3. The van der Waals surface area contributed by atoms with Crippen molar-refractivity contribution in [1.82, 2.24) is 5.32 Å². The van der Waals surface area contributed by atoms with Gasteiger partial charge in [-0.1, -0.05) is 26.2 Å². The van der Waals surface area contributed by atoms with Crippen LogP contribution in [-0.2, 0) is 0 Å². The van der Waals surface area contributed by atoms with Gasteiger partial charge in [0.15, 0.2) is 0 Å². The predicted octanol–water partition coefficient (Wildman–Crippen LogP) is 3.50. The Bertz CT molecular complexity index is 179. The number of halogens is 3. The number of alkyl halides is 3. The van der Waals surface area contributed by atoms with Crippen LogP contribution in [0.5, 0.6) is 0 Å². The zero-order valence-electron chi connectivity index (χ0n) is 9.24. The maximum absolute atomic E-state index is 12.0. The molecule has 2 unspecified atom stereocenters. The number of nitrogens with one attached hydrogen (secondary N) is 1. The van der Waals surface area contributed by atoms with E-state index < -0.39 is 12.7 Å². The van der Waals surface area contributed by atoms with Crippen LogP contribution in [0.25, 0.3) is 0 Å². The van der Waals surface area contributed by atoms with Gasteiger partial charge in [0, 0.05) is 6.04 Å². The van der Waals surface area contributed by atoms with E-state index in [1.807, 2.05) is 0 Å². The molecule has 1 rings (SSSR count). The third kappa shape index (κ3) is 5.40. The van der Waals surface area contributed by atoms with Crippen LogP contribution >= 0.6 is 0 Å². The minimum atomic E-state index is -4.07. The van der Waals surface area contributed by atoms with Crippen molar-refractivity contribution in [3.8, 4) is 0 Å². The first-order chi connectivity index (χ1) is 7.01. The van der Waals surface area contributed by atoms with E-state index in [1.165, 1.54) is 6.42 Å². The molecule has 1 saturated carbocycles. The fraction of sp³-hybridized carbons (Fsp3) is 1.00. The fourth-order valence-corrected chi connectivity index (χ4v) is 2.25. The summed E-state index contributed by atoms with van der Waals surface area (Å²) in [7, 11) is 0. The van der Waals surface area contributed by atoms with E-state index >= 15 is 0 Å². The van der Waals surface area contributed by atoms with Gasteiger partial charge in [-0.2, -0.15) is 13.2 Å². The molecule has 1 aliphatic rings. The predicted molar refractivity (Wildman–Crippen MR) is 54.7 cm³/mol. The van der Waals surface area contributed by atoms with Crippen LogP contribution in [-0.4, -0.2) is 18.8 Å². The van der Waals surface area contributed by atoms with Crippen LogP contribution in [0.15, 0.2) is 0 Å². The molecule has 0 radical (unpaired) electrons. The molecule has 1 fully saturated rings. The third-order valence-corrected chi connectivity index (χ3v) is 3.26. The van der Waals surface area contributed by atoms with Crippen LogP contribution in [0, 0.1) is 5.92 Å². The molecule has 2 atom stereocenters. The molecule has 0 bridgehead atoms. The van der Waals surface area contributed by atoms with Gasteiger partial charge < -0.3 is 5.32 Å². The Balaban J connectivity index is 2.25. The molecule has 0 spiro atoms. The van der Waals surface area contributed by atoms with Crippen molar-refractivity contribution in [2.45, 2.75) is 57.7 Å². The van der Waals surface area contributed by atoms with Gasteiger partial charge in [0.2, 0.25) is 0 Å². The quantitative estimate of drug-likeness (QED) is 0.722. The van der Waals surface area contributed by atoms with Crippen molar-refractivity contribution in [2.75, 3.05) is 6.54 Å². The van der Waals surface area contributed by atoms with Crippen LogP contribution in [0.2, 0.25) is 0 Å². The second kappa shape index (κ2) is 5.73. The monoisotopic (exact) mass is 223 g/mol. The van der Waals surface area contributed by atoms with Crippen molar-refractivity contribution in [3.05, 3.63) is 0 Å². The lowest BCUT2D eigenvalue weighted by molar-refractivity contribution is -0.126. The van der Waals surface area contributed by atoms with Crippen molar-refractivity contribution < 1.29 is 13.2 Å². The summed E-state index contributed by atoms with van der Waals surface area (Å²) in [6.45, 7) is 1.32. The van der Waals surface area contributed by atoms with Crippen molar-refractivity contribution in [3.63, 3.8) is 0 Å². The molecule has 0 aromatic rings. The van der Waals surface area contributed by atoms with Crippen molar-refractivity contribution >= 4 is 0 Å². The Labute approximate surface area is 89.4 Å². The lowest BCUT2D eigenvalue weighted by Crippen LogP contribution is -2.36. The Morgan fingerprint density at radius 2 is 1.87 bits per heavy atom. The van der Waals surface area contributed by atoms with Gasteiger partial charge in [-0.25, -0.2) is 0 Å². The molecule has 1 aliphatic carbocycles. The normalized spacial score (nSPS) is 28.8. The van der Waals surface area contributed by atoms with Gasteiger partial charge in [-0.05, 0) is 25.2 Å². The molecule has 90 valence electrons. The Kier molecular flexibility index (Phi) is 4.90. The maximum atomic E-state index is 12.0. The summed E-state index contributed by atoms with van der Waals surface area (Å²) < 4.78 is 36.0. The van der Waals surface area contributed by atoms with E-state index in [0.29, 0.717) is 0 Å². The molecule has 1 nitrogen and oxygen atoms in total. The smallest absolute Gasteiger partial charge is 0.306 e. The first kappa shape index (κ1) is 12.8. The van der Waals surface area contributed by atoms with E-state index in [9.17, 15) is 13.2 Å². The molecule has 4 heteroatoms. The highest BCUT2D eigenvalue weighted by Gasteiger charge is 2.28. The summed E-state index contributed by atoms with van der Waals surface area (Å²) in [5.74, 6) is 0.725. The minimum Gasteiger partial charge on any atom is -0.306 e. The zero-order valence-corrected chi connectivity index (χ0v) is 9.24. The topological polar surface area (TPSA) is 12.0 Å². The lowest BCUT2D eigenvalue weighted by Gasteiger charge is -2.17. The summed E-state index contributed by atoms with van der Waals surface area (Å²) in [5.41, 5.74) is 0. The maximum Gasteiger partial charge on any atom is 0.401 e. The van der Waals surface area contributed by atoms with E-state index in [2.05, 4.69) is 12.2 Å². The SMILES string of the molecule is CCC1CCCC(NCC(F)(F)F)CC1. The molecular formula is C11H20F3N. The fourth-order valence-electron chi connectivity index (χ4n) is 2.25. The number of hydrogen-bond donors (Lipinski definition) is 1. The Hall–Kier alpha value is -0.250. The highest BCUT2D eigenvalue weighted by Crippen LogP contribution is 2.26. The molecule has 15 heavy (non-hydrogen) atoms. The Morgan fingerprint density at radius 3 is 2.47 bits per heavy atom. The highest BCUT2D eigenvalue weighted by molar-refractivity contribution is 4.75. The number of hydrogen-bond acceptors (Lipinski definition) is 1. The average molecular weight is 223 g/mol. The van der Waals surface area contributed by atoms with E-state index in [0.717, 1.165) is 38.0 Å². The minimum absolute atomic E-state index is 0.0724. The molecule has 0 aromatic carbocycles. The van der Waals surface area contributed by atoms with Gasteiger partial charge in [0.25, 0.3) is 0 Å². The molecule has 0 heterocycles. The molecule has 1 N–H and O–H groups in total. The van der Waals surface area contributed by atoms with Crippen LogP contribution in [0.1, 0.15) is 45.4 Å². The number of rotatable bonds is 3. The molecule has 0 amide bonds. The second-order valence-electron chi connectivity index (χ2n) is 4.48. The van der Waals surface area contributed by atoms with Gasteiger partial charge >= 0.3 is 6.18 Å². The average Bonchev–Trinajstić information content (AvgIpc) is 2.38. The van der Waals surface area contributed by atoms with E-state index in [4.69, 9.17) is 0 Å². The van der Waals surface area contributed by atoms with Gasteiger partial charge in [0.1, 0.15) is 0 Å². The Morgan fingerprint density at radius 1 is 1.13 bits per heavy atom. The summed E-state index contributed by atoms with van der Waals surface area (Å²) in [6, 6.07) is 0.0724. The molecule has 0 aliphatic heterocycles. The summed E-state index contributed by atoms with van der Waals surface area (Å²) in [4.78, 5) is 0.